The fraction of sp³-hybridized carbons (Fsp3) is 0.500. The van der Waals surface area contributed by atoms with Crippen LogP contribution in [0.15, 0.2) is 21.1 Å². The summed E-state index contributed by atoms with van der Waals surface area (Å²) < 4.78 is 2.40. The molecule has 0 aromatic heterocycles. The summed E-state index contributed by atoms with van der Waals surface area (Å²) >= 11 is 7.20. The topological polar surface area (TPSA) is 0 Å². The van der Waals surface area contributed by atoms with Gasteiger partial charge in [0.1, 0.15) is 0 Å². The normalized spacial score (nSPS) is 11.4. The van der Waals surface area contributed by atoms with Gasteiger partial charge in [-0.25, -0.2) is 0 Å². The number of hydrogen-bond donors (Lipinski definition) is 0. The van der Waals surface area contributed by atoms with E-state index >= 15 is 0 Å². The molecule has 14 heavy (non-hydrogen) atoms. The maximum atomic E-state index is 3.60. The summed E-state index contributed by atoms with van der Waals surface area (Å²) in [5.41, 5.74) is 2.77. The van der Waals surface area contributed by atoms with Crippen molar-refractivity contribution >= 4 is 31.9 Å². The molecule has 0 aliphatic rings. The number of rotatable bonds is 2. The molecule has 0 aliphatic carbocycles. The van der Waals surface area contributed by atoms with Crippen LogP contribution in [0.4, 0.5) is 0 Å². The maximum absolute atomic E-state index is 3.60. The minimum absolute atomic E-state index is 0.565. The van der Waals surface area contributed by atoms with E-state index in [4.69, 9.17) is 0 Å². The highest BCUT2D eigenvalue weighted by molar-refractivity contribution is 9.11. The molecule has 0 unspecified atom stereocenters. The van der Waals surface area contributed by atoms with E-state index in [-0.39, 0.29) is 0 Å². The van der Waals surface area contributed by atoms with Crippen LogP contribution in [0, 0.1) is 0 Å². The van der Waals surface area contributed by atoms with Crippen molar-refractivity contribution < 1.29 is 0 Å². The molecule has 0 radical (unpaired) electrons. The molecule has 1 aromatic rings. The summed E-state index contributed by atoms with van der Waals surface area (Å²) in [5, 5.41) is 0. The predicted octanol–water partition coefficient (Wildman–Crippen LogP) is 5.46. The van der Waals surface area contributed by atoms with E-state index < -0.39 is 0 Å². The van der Waals surface area contributed by atoms with Crippen molar-refractivity contribution in [2.45, 2.75) is 39.5 Å². The lowest BCUT2D eigenvalue weighted by molar-refractivity contribution is 0.825. The molecule has 0 fully saturated rings. The van der Waals surface area contributed by atoms with Crippen molar-refractivity contribution in [3.8, 4) is 0 Å². The molecule has 0 N–H and O–H groups in total. The second-order valence-electron chi connectivity index (χ2n) is 4.20. The minimum Gasteiger partial charge on any atom is -0.0586 e. The molecule has 1 rings (SSSR count). The lowest BCUT2D eigenvalue weighted by Crippen LogP contribution is -1.95. The third kappa shape index (κ3) is 2.60. The van der Waals surface area contributed by atoms with E-state index in [0.717, 1.165) is 0 Å². The maximum Gasteiger partial charge on any atom is 0.0221 e. The van der Waals surface area contributed by atoms with Crippen LogP contribution in [-0.4, -0.2) is 0 Å². The van der Waals surface area contributed by atoms with E-state index in [1.54, 1.807) is 0 Å². The molecule has 0 nitrogen and oxygen atoms in total. The number of hydrogen-bond acceptors (Lipinski definition) is 0. The third-order valence-electron chi connectivity index (χ3n) is 2.36. The van der Waals surface area contributed by atoms with E-state index in [2.05, 4.69) is 71.7 Å². The van der Waals surface area contributed by atoms with E-state index in [9.17, 15) is 0 Å². The fourth-order valence-electron chi connectivity index (χ4n) is 1.47. The molecule has 0 amide bonds. The van der Waals surface area contributed by atoms with Crippen LogP contribution in [0.1, 0.15) is 50.7 Å². The van der Waals surface area contributed by atoms with Crippen LogP contribution < -0.4 is 0 Å². The average Bonchev–Trinajstić information content (AvgIpc) is 2.02. The van der Waals surface area contributed by atoms with Crippen LogP contribution in [0.3, 0.4) is 0 Å². The Labute approximate surface area is 103 Å². The van der Waals surface area contributed by atoms with Crippen LogP contribution in [0.25, 0.3) is 0 Å². The molecule has 0 saturated carbocycles. The van der Waals surface area contributed by atoms with Crippen molar-refractivity contribution in [2.75, 3.05) is 0 Å². The summed E-state index contributed by atoms with van der Waals surface area (Å²) in [4.78, 5) is 0. The third-order valence-corrected chi connectivity index (χ3v) is 3.73. The second-order valence-corrected chi connectivity index (χ2v) is 5.91. The Morgan fingerprint density at radius 2 is 1.14 bits per heavy atom. The SMILES string of the molecule is CC(C)c1cc(C(C)C)c(Br)cc1Br. The molecular formula is C12H16Br2. The Bertz CT molecular complexity index is 298. The van der Waals surface area contributed by atoms with Crippen LogP contribution in [-0.2, 0) is 0 Å². The zero-order valence-electron chi connectivity index (χ0n) is 9.07. The van der Waals surface area contributed by atoms with Crippen molar-refractivity contribution in [1.82, 2.24) is 0 Å². The van der Waals surface area contributed by atoms with Crippen LogP contribution in [0.5, 0.6) is 0 Å². The van der Waals surface area contributed by atoms with Crippen molar-refractivity contribution in [1.29, 1.82) is 0 Å². The van der Waals surface area contributed by atoms with Gasteiger partial charge in [0.2, 0.25) is 0 Å². The molecule has 0 heterocycles. The predicted molar refractivity (Wildman–Crippen MR) is 70.0 cm³/mol. The van der Waals surface area contributed by atoms with Gasteiger partial charge >= 0.3 is 0 Å². The Morgan fingerprint density at radius 3 is 1.43 bits per heavy atom. The van der Waals surface area contributed by atoms with Gasteiger partial charge in [0, 0.05) is 8.95 Å². The van der Waals surface area contributed by atoms with Gasteiger partial charge in [-0.1, -0.05) is 65.6 Å². The summed E-state index contributed by atoms with van der Waals surface area (Å²) in [5.74, 6) is 1.13. The van der Waals surface area contributed by atoms with E-state index in [0.29, 0.717) is 11.8 Å². The van der Waals surface area contributed by atoms with Gasteiger partial charge in [0.25, 0.3) is 0 Å². The molecule has 0 saturated heterocycles. The van der Waals surface area contributed by atoms with Crippen molar-refractivity contribution in [3.63, 3.8) is 0 Å². The molecular weight excluding hydrogens is 304 g/mol. The summed E-state index contributed by atoms with van der Waals surface area (Å²) in [7, 11) is 0. The fourth-order valence-corrected chi connectivity index (χ4v) is 3.38. The van der Waals surface area contributed by atoms with Crippen molar-refractivity contribution in [2.24, 2.45) is 0 Å². The first-order valence-electron chi connectivity index (χ1n) is 4.92. The monoisotopic (exact) mass is 318 g/mol. The van der Waals surface area contributed by atoms with E-state index in [1.165, 1.54) is 20.1 Å². The lowest BCUT2D eigenvalue weighted by atomic mass is 9.96. The minimum atomic E-state index is 0.565. The molecule has 1 aromatic carbocycles. The van der Waals surface area contributed by atoms with Gasteiger partial charge in [-0.05, 0) is 29.0 Å². The Balaban J connectivity index is 3.27. The quantitative estimate of drug-likeness (QED) is 0.679. The highest BCUT2D eigenvalue weighted by Crippen LogP contribution is 2.33. The summed E-state index contributed by atoms with van der Waals surface area (Å²) in [6, 6.07) is 4.45. The first-order valence-corrected chi connectivity index (χ1v) is 6.51. The molecule has 2 heteroatoms. The molecule has 0 bridgehead atoms. The van der Waals surface area contributed by atoms with Gasteiger partial charge < -0.3 is 0 Å². The second kappa shape index (κ2) is 4.80. The van der Waals surface area contributed by atoms with Crippen LogP contribution in [0.2, 0.25) is 0 Å². The van der Waals surface area contributed by atoms with Gasteiger partial charge in [0.05, 0.1) is 0 Å². The first kappa shape index (κ1) is 12.3. The Hall–Kier alpha value is 0.180. The largest absolute Gasteiger partial charge is 0.0586 e. The summed E-state index contributed by atoms with van der Waals surface area (Å²) in [6.07, 6.45) is 0. The zero-order valence-corrected chi connectivity index (χ0v) is 12.2. The lowest BCUT2D eigenvalue weighted by Gasteiger charge is -2.15. The highest BCUT2D eigenvalue weighted by Gasteiger charge is 2.11. The smallest absolute Gasteiger partial charge is 0.0221 e. The average molecular weight is 320 g/mol. The standard InChI is InChI=1S/C12H16Br2/c1-7(2)9-5-10(8(3)4)12(14)6-11(9)13/h5-8H,1-4H3. The molecule has 0 spiro atoms. The zero-order chi connectivity index (χ0) is 10.9. The van der Waals surface area contributed by atoms with Crippen LogP contribution >= 0.6 is 31.9 Å². The van der Waals surface area contributed by atoms with Crippen molar-refractivity contribution in [3.05, 3.63) is 32.2 Å². The van der Waals surface area contributed by atoms with Gasteiger partial charge in [-0.15, -0.1) is 0 Å². The highest BCUT2D eigenvalue weighted by atomic mass is 79.9. The Kier molecular flexibility index (Phi) is 4.20. The molecule has 0 aliphatic heterocycles. The van der Waals surface area contributed by atoms with Gasteiger partial charge in [0.15, 0.2) is 0 Å². The molecule has 0 atom stereocenters. The Morgan fingerprint density at radius 1 is 0.786 bits per heavy atom. The number of benzene rings is 1. The molecule has 78 valence electrons. The summed E-state index contributed by atoms with van der Waals surface area (Å²) in [6.45, 7) is 8.88. The first-order chi connectivity index (χ1) is 6.43. The number of halogens is 2. The van der Waals surface area contributed by atoms with Gasteiger partial charge in [-0.3, -0.25) is 0 Å². The van der Waals surface area contributed by atoms with E-state index in [1.807, 2.05) is 0 Å². The van der Waals surface area contributed by atoms with Gasteiger partial charge in [-0.2, -0.15) is 0 Å².